The molecule has 2 fully saturated rings. The monoisotopic (exact) mass is 1010 g/mol. The van der Waals surface area contributed by atoms with E-state index in [0.29, 0.717) is 50.5 Å². The summed E-state index contributed by atoms with van der Waals surface area (Å²) in [4.78, 5) is 86.0. The van der Waals surface area contributed by atoms with Crippen molar-refractivity contribution in [1.82, 2.24) is 4.58 Å². The fourth-order valence-electron chi connectivity index (χ4n) is 8.82. The van der Waals surface area contributed by atoms with Crippen LogP contribution in [0.4, 0.5) is 22.7 Å². The van der Waals surface area contributed by atoms with Crippen molar-refractivity contribution in [2.75, 3.05) is 128 Å². The number of hydrogen-bond acceptors (Lipinski definition) is 17. The number of carbonyl (C=O) groups excluding carboxylic acids is 6. The van der Waals surface area contributed by atoms with Crippen molar-refractivity contribution < 1.29 is 66.3 Å². The van der Waals surface area contributed by atoms with Gasteiger partial charge in [-0.25, -0.2) is 9.37 Å². The number of esters is 5. The van der Waals surface area contributed by atoms with E-state index in [-0.39, 0.29) is 62.0 Å². The first-order chi connectivity index (χ1) is 35.8. The summed E-state index contributed by atoms with van der Waals surface area (Å²) in [5.74, 6) is -2.59. The number of anilines is 4. The van der Waals surface area contributed by atoms with Gasteiger partial charge in [-0.15, -0.1) is 0 Å². The minimum atomic E-state index is -0.653. The van der Waals surface area contributed by atoms with Crippen LogP contribution < -0.4 is 39.0 Å². The maximum absolute atomic E-state index is 15.3. The van der Waals surface area contributed by atoms with E-state index in [4.69, 9.17) is 37.6 Å². The van der Waals surface area contributed by atoms with Gasteiger partial charge in [-0.2, -0.15) is 0 Å². The number of fused-ring (bicyclic) bond motifs is 2. The van der Waals surface area contributed by atoms with E-state index in [9.17, 15) is 24.0 Å². The topological polar surface area (TPSA) is 196 Å². The maximum atomic E-state index is 15.3. The minimum Gasteiger partial charge on any atom is -0.488 e. The molecule has 3 aliphatic heterocycles. The number of hydrogen-bond donors (Lipinski definition) is 0. The number of amides is 1. The third kappa shape index (κ3) is 11.2. The average Bonchev–Trinajstić information content (AvgIpc) is 3.38. The Morgan fingerprint density at radius 1 is 0.595 bits per heavy atom. The van der Waals surface area contributed by atoms with Crippen LogP contribution in [0.15, 0.2) is 101 Å². The molecule has 0 spiro atoms. The van der Waals surface area contributed by atoms with E-state index >= 15 is 4.79 Å². The Hall–Kier alpha value is -8.61. The molecule has 8 rings (SSSR count). The summed E-state index contributed by atoms with van der Waals surface area (Å²) >= 11 is 0. The number of ether oxygens (including phenoxy) is 7. The molecular weight excluding hydrogens is 955 g/mol. The molecule has 0 N–H and O–H groups in total. The van der Waals surface area contributed by atoms with Gasteiger partial charge in [0.15, 0.2) is 0 Å². The van der Waals surface area contributed by atoms with Gasteiger partial charge >= 0.3 is 29.8 Å². The van der Waals surface area contributed by atoms with Gasteiger partial charge in [-0.3, -0.25) is 24.0 Å². The van der Waals surface area contributed by atoms with Crippen molar-refractivity contribution in [2.45, 2.75) is 12.8 Å². The molecule has 19 nitrogen and oxygen atoms in total. The van der Waals surface area contributed by atoms with Crippen molar-refractivity contribution in [3.8, 4) is 33.9 Å². The van der Waals surface area contributed by atoms with Gasteiger partial charge in [-0.1, -0.05) is 18.2 Å². The highest BCUT2D eigenvalue weighted by molar-refractivity contribution is 6.17. The van der Waals surface area contributed by atoms with Crippen molar-refractivity contribution in [3.05, 3.63) is 114 Å². The largest absolute Gasteiger partial charge is 0.488 e. The molecule has 3 heterocycles. The van der Waals surface area contributed by atoms with Crippen LogP contribution in [0.25, 0.3) is 33.4 Å². The Labute approximate surface area is 427 Å². The molecule has 19 heteroatoms. The highest BCUT2D eigenvalue weighted by Gasteiger charge is 2.31. The fourth-order valence-corrected chi connectivity index (χ4v) is 8.82. The molecule has 1 aliphatic carbocycles. The van der Waals surface area contributed by atoms with E-state index in [1.54, 1.807) is 67.7 Å². The van der Waals surface area contributed by atoms with E-state index in [1.807, 2.05) is 36.4 Å². The summed E-state index contributed by atoms with van der Waals surface area (Å²) in [6.07, 6.45) is 2.17. The molecule has 4 aliphatic rings. The van der Waals surface area contributed by atoms with Crippen molar-refractivity contribution in [1.29, 1.82) is 0 Å². The van der Waals surface area contributed by atoms with Crippen LogP contribution in [0.2, 0.25) is 0 Å². The fraction of sp³-hybridized carbons (Fsp3) is 0.327. The van der Waals surface area contributed by atoms with Gasteiger partial charge in [0.2, 0.25) is 5.36 Å². The first-order valence-corrected chi connectivity index (χ1v) is 23.9. The maximum Gasteiger partial charge on any atom is 0.338 e. The SMILES string of the molecule is COC(=O)CN(CC(=O)OC)c1ccccc1OCCOc1cc(N(C)C(=O)c2cccc(C(=O)OC)c2-c2c3ccc(=[N+]4CCC4)cc-3oc3cc(N4CCC4)ccc23)ccc1N(CC(=O)OC)CC(=O)OC. The molecule has 0 atom stereocenters. The molecule has 0 saturated carbocycles. The lowest BCUT2D eigenvalue weighted by molar-refractivity contribution is -0.141. The van der Waals surface area contributed by atoms with Crippen molar-refractivity contribution >= 4 is 69.5 Å². The molecule has 0 bridgehead atoms. The van der Waals surface area contributed by atoms with Crippen LogP contribution in [0.1, 0.15) is 33.6 Å². The first kappa shape index (κ1) is 51.7. The summed E-state index contributed by atoms with van der Waals surface area (Å²) < 4.78 is 46.6. The average molecular weight is 1010 g/mol. The van der Waals surface area contributed by atoms with Gasteiger partial charge in [-0.05, 0) is 61.0 Å². The van der Waals surface area contributed by atoms with Crippen LogP contribution >= 0.6 is 0 Å². The summed E-state index contributed by atoms with van der Waals surface area (Å²) in [7, 11) is 7.80. The lowest BCUT2D eigenvalue weighted by Gasteiger charge is -2.33. The normalized spacial score (nSPS) is 12.7. The predicted molar refractivity (Wildman–Crippen MR) is 275 cm³/mol. The quantitative estimate of drug-likeness (QED) is 0.0309. The van der Waals surface area contributed by atoms with Crippen LogP contribution in [0.5, 0.6) is 11.5 Å². The zero-order valence-corrected chi connectivity index (χ0v) is 42.2. The van der Waals surface area contributed by atoms with E-state index < -0.39 is 35.8 Å². The van der Waals surface area contributed by atoms with Crippen LogP contribution in [-0.2, 0) is 42.9 Å². The summed E-state index contributed by atoms with van der Waals surface area (Å²) in [6.45, 7) is 2.19. The molecule has 4 aromatic carbocycles. The van der Waals surface area contributed by atoms with Crippen molar-refractivity contribution in [3.63, 3.8) is 0 Å². The van der Waals surface area contributed by atoms with Gasteiger partial charge in [0.1, 0.15) is 75.3 Å². The molecule has 0 aromatic heterocycles. The predicted octanol–water partition coefficient (Wildman–Crippen LogP) is 5.42. The second kappa shape index (κ2) is 23.3. The smallest absolute Gasteiger partial charge is 0.338 e. The zero-order chi connectivity index (χ0) is 52.5. The van der Waals surface area contributed by atoms with Crippen molar-refractivity contribution in [2.24, 2.45) is 0 Å². The molecule has 1 amide bonds. The second-order valence-corrected chi connectivity index (χ2v) is 17.4. The number of rotatable bonds is 20. The minimum absolute atomic E-state index is 0.0816. The van der Waals surface area contributed by atoms with Gasteiger partial charge in [0.25, 0.3) is 5.91 Å². The van der Waals surface area contributed by atoms with Crippen LogP contribution in [-0.4, -0.2) is 144 Å². The van der Waals surface area contributed by atoms with Crippen LogP contribution in [0, 0.1) is 0 Å². The zero-order valence-electron chi connectivity index (χ0n) is 42.2. The number of para-hydroxylation sites is 2. The lowest BCUT2D eigenvalue weighted by atomic mass is 9.87. The summed E-state index contributed by atoms with van der Waals surface area (Å²) in [5, 5.41) is 1.69. The van der Waals surface area contributed by atoms with E-state index in [2.05, 4.69) is 9.48 Å². The third-order valence-electron chi connectivity index (χ3n) is 13.1. The molecule has 74 heavy (non-hydrogen) atoms. The number of nitrogens with zero attached hydrogens (tertiary/aromatic N) is 5. The number of methoxy groups -OCH3 is 5. The third-order valence-corrected chi connectivity index (χ3v) is 13.1. The highest BCUT2D eigenvalue weighted by Crippen LogP contribution is 2.45. The van der Waals surface area contributed by atoms with Gasteiger partial charge in [0, 0.05) is 77.4 Å². The first-order valence-electron chi connectivity index (χ1n) is 23.9. The summed E-state index contributed by atoms with van der Waals surface area (Å²) in [5.41, 5.74) is 4.61. The number of benzene rings is 5. The van der Waals surface area contributed by atoms with E-state index in [1.165, 1.54) is 50.2 Å². The highest BCUT2D eigenvalue weighted by atomic mass is 16.5. The van der Waals surface area contributed by atoms with Crippen LogP contribution in [0.3, 0.4) is 0 Å². The lowest BCUT2D eigenvalue weighted by Crippen LogP contribution is -2.40. The molecule has 2 saturated heterocycles. The standard InChI is InChI=1S/C55H58N5O14/c1-56(35-18-21-43(60(33-50(63)69-4)34-51(64)70-5)47(28-35)73-27-26-72-44-15-8-7-14-42(44)59(31-48(61)67-2)32-49(62)68-3)54(65)40-12-9-13-41(55(66)71-6)53(40)52-38-19-16-36(57-22-10-23-57)29-45(38)74-46-30-37(17-20-39(46)52)58-24-11-25-58/h7-9,12-21,28-30H,10-11,22-27,31-34H2,1-6H3/q+1. The Morgan fingerprint density at radius 2 is 1.20 bits per heavy atom. The Balaban J connectivity index is 1.19. The van der Waals surface area contributed by atoms with Gasteiger partial charge < -0.3 is 57.2 Å². The van der Waals surface area contributed by atoms with E-state index in [0.717, 1.165) is 50.1 Å². The number of carbonyl (C=O) groups is 6. The Morgan fingerprint density at radius 3 is 1.78 bits per heavy atom. The Kier molecular flexibility index (Phi) is 16.3. The van der Waals surface area contributed by atoms with Gasteiger partial charge in [0.05, 0.1) is 65.0 Å². The Bertz CT molecular complexity index is 3110. The molecule has 0 unspecified atom stereocenters. The molecule has 0 radical (unpaired) electrons. The molecule has 386 valence electrons. The second-order valence-electron chi connectivity index (χ2n) is 17.4. The summed E-state index contributed by atoms with van der Waals surface area (Å²) in [6, 6.07) is 28.5. The molecular formula is C55H58N5O14+. The molecule has 4 aromatic rings.